The van der Waals surface area contributed by atoms with E-state index in [2.05, 4.69) is 62.7 Å². The molecule has 0 aliphatic carbocycles. The normalized spacial score (nSPS) is 17.3. The van der Waals surface area contributed by atoms with Gasteiger partial charge in [0, 0.05) is 18.0 Å². The van der Waals surface area contributed by atoms with Gasteiger partial charge >= 0.3 is 6.01 Å². The van der Waals surface area contributed by atoms with Crippen molar-refractivity contribution in [1.82, 2.24) is 24.9 Å². The second-order valence-electron chi connectivity index (χ2n) is 6.50. The van der Waals surface area contributed by atoms with E-state index in [-0.39, 0.29) is 12.0 Å². The molecule has 0 unspecified atom stereocenters. The van der Waals surface area contributed by atoms with E-state index in [0.29, 0.717) is 12.6 Å². The molecule has 124 valence electrons. The van der Waals surface area contributed by atoms with E-state index < -0.39 is 0 Å². The highest BCUT2D eigenvalue weighted by Crippen LogP contribution is 2.29. The van der Waals surface area contributed by atoms with Crippen molar-refractivity contribution in [3.05, 3.63) is 42.0 Å². The summed E-state index contributed by atoms with van der Waals surface area (Å²) in [6.45, 7) is 7.66. The zero-order valence-electron chi connectivity index (χ0n) is 14.0. The summed E-state index contributed by atoms with van der Waals surface area (Å²) >= 11 is 0. The Balaban J connectivity index is 1.65. The molecule has 7 nitrogen and oxygen atoms in total. The van der Waals surface area contributed by atoms with Gasteiger partial charge in [0.2, 0.25) is 0 Å². The molecular formula is C17H20N6O. The quantitative estimate of drug-likeness (QED) is 0.737. The number of hydrogen-bond donors (Lipinski definition) is 0. The molecule has 0 saturated heterocycles. The molecule has 0 saturated carbocycles. The van der Waals surface area contributed by atoms with E-state index in [0.717, 1.165) is 29.6 Å². The lowest BCUT2D eigenvalue weighted by molar-refractivity contribution is 0.378. The number of aromatic nitrogens is 5. The van der Waals surface area contributed by atoms with Gasteiger partial charge in [-0.3, -0.25) is 0 Å². The molecule has 0 spiro atoms. The van der Waals surface area contributed by atoms with Gasteiger partial charge in [0.15, 0.2) is 17.5 Å². The van der Waals surface area contributed by atoms with Crippen LogP contribution in [-0.2, 0) is 6.54 Å². The molecule has 4 rings (SSSR count). The summed E-state index contributed by atoms with van der Waals surface area (Å²) in [5.41, 5.74) is 1.08. The molecule has 1 aromatic carbocycles. The van der Waals surface area contributed by atoms with Crippen molar-refractivity contribution in [2.75, 3.05) is 11.4 Å². The summed E-state index contributed by atoms with van der Waals surface area (Å²) in [6.07, 6.45) is 0. The minimum atomic E-state index is 0.216. The van der Waals surface area contributed by atoms with E-state index in [1.807, 2.05) is 18.2 Å². The lowest BCUT2D eigenvalue weighted by atomic mass is 10.1. The molecule has 0 amide bonds. The number of benzene rings is 1. The van der Waals surface area contributed by atoms with E-state index in [1.165, 1.54) is 0 Å². The molecule has 24 heavy (non-hydrogen) atoms. The molecule has 1 aliphatic rings. The molecule has 1 aliphatic heterocycles. The fourth-order valence-electron chi connectivity index (χ4n) is 3.05. The largest absolute Gasteiger partial charge is 0.324 e. The van der Waals surface area contributed by atoms with E-state index >= 15 is 0 Å². The van der Waals surface area contributed by atoms with Crippen molar-refractivity contribution >= 4 is 6.01 Å². The maximum atomic E-state index is 5.43. The summed E-state index contributed by atoms with van der Waals surface area (Å²) < 4.78 is 7.63. The van der Waals surface area contributed by atoms with Crippen LogP contribution in [0.4, 0.5) is 6.01 Å². The van der Waals surface area contributed by atoms with Gasteiger partial charge < -0.3 is 14.0 Å². The first kappa shape index (κ1) is 14.9. The van der Waals surface area contributed by atoms with Crippen LogP contribution in [0, 0.1) is 0 Å². The summed E-state index contributed by atoms with van der Waals surface area (Å²) in [5.74, 6) is 2.80. The van der Waals surface area contributed by atoms with Crippen LogP contribution in [0.5, 0.6) is 0 Å². The highest BCUT2D eigenvalue weighted by molar-refractivity contribution is 5.55. The molecule has 2 aromatic heterocycles. The van der Waals surface area contributed by atoms with Crippen LogP contribution in [0.3, 0.4) is 0 Å². The Hall–Kier alpha value is -2.70. The molecule has 0 N–H and O–H groups in total. The fourth-order valence-corrected chi connectivity index (χ4v) is 3.05. The lowest BCUT2D eigenvalue weighted by Crippen LogP contribution is -2.36. The standard InChI is InChI=1S/C17H20N6O/c1-11(2)15-18-17(24-21-15)22-9-12(3)23-14(10-22)19-20-16(23)13-7-5-4-6-8-13/h4-8,11-12H,9-10H2,1-3H3/t12-/m0/s1. The van der Waals surface area contributed by atoms with Gasteiger partial charge in [0.05, 0.1) is 12.6 Å². The molecule has 0 bridgehead atoms. The Kier molecular flexibility index (Phi) is 3.55. The van der Waals surface area contributed by atoms with Crippen molar-refractivity contribution in [2.24, 2.45) is 0 Å². The Morgan fingerprint density at radius 1 is 1.17 bits per heavy atom. The van der Waals surface area contributed by atoms with Gasteiger partial charge in [-0.1, -0.05) is 49.3 Å². The van der Waals surface area contributed by atoms with Gasteiger partial charge in [0.1, 0.15) is 0 Å². The third kappa shape index (κ3) is 2.46. The van der Waals surface area contributed by atoms with Crippen molar-refractivity contribution in [2.45, 2.75) is 39.3 Å². The van der Waals surface area contributed by atoms with E-state index in [1.54, 1.807) is 0 Å². The average molecular weight is 324 g/mol. The minimum Gasteiger partial charge on any atom is -0.315 e. The topological polar surface area (TPSA) is 72.9 Å². The molecule has 0 radical (unpaired) electrons. The van der Waals surface area contributed by atoms with Crippen LogP contribution in [0.1, 0.15) is 44.4 Å². The first-order chi connectivity index (χ1) is 11.6. The van der Waals surface area contributed by atoms with Crippen molar-refractivity contribution < 1.29 is 4.52 Å². The average Bonchev–Trinajstić information content (AvgIpc) is 3.23. The monoisotopic (exact) mass is 324 g/mol. The first-order valence-corrected chi connectivity index (χ1v) is 8.21. The molecule has 3 heterocycles. The second-order valence-corrected chi connectivity index (χ2v) is 6.50. The van der Waals surface area contributed by atoms with Crippen LogP contribution >= 0.6 is 0 Å². The smallest absolute Gasteiger partial charge is 0.315 e. The molecular weight excluding hydrogens is 304 g/mol. The number of rotatable bonds is 3. The van der Waals surface area contributed by atoms with Crippen LogP contribution < -0.4 is 4.90 Å². The predicted molar refractivity (Wildman–Crippen MR) is 89.6 cm³/mol. The van der Waals surface area contributed by atoms with Crippen LogP contribution in [-0.4, -0.2) is 31.4 Å². The predicted octanol–water partition coefficient (Wildman–Crippen LogP) is 3.03. The number of anilines is 1. The molecule has 0 fully saturated rings. The van der Waals surface area contributed by atoms with Crippen LogP contribution in [0.25, 0.3) is 11.4 Å². The highest BCUT2D eigenvalue weighted by atomic mass is 16.5. The zero-order valence-corrected chi connectivity index (χ0v) is 14.0. The number of hydrogen-bond acceptors (Lipinski definition) is 6. The molecule has 7 heteroatoms. The maximum absolute atomic E-state index is 5.43. The maximum Gasteiger partial charge on any atom is 0.324 e. The van der Waals surface area contributed by atoms with Crippen molar-refractivity contribution in [1.29, 1.82) is 0 Å². The zero-order chi connectivity index (χ0) is 16.7. The fraction of sp³-hybridized carbons (Fsp3) is 0.412. The van der Waals surface area contributed by atoms with Crippen LogP contribution in [0.15, 0.2) is 34.9 Å². The molecule has 3 aromatic rings. The van der Waals surface area contributed by atoms with Gasteiger partial charge in [-0.05, 0) is 6.92 Å². The Morgan fingerprint density at radius 3 is 2.67 bits per heavy atom. The Bertz CT molecular complexity index is 838. The molecule has 1 atom stereocenters. The van der Waals surface area contributed by atoms with Crippen LogP contribution in [0.2, 0.25) is 0 Å². The lowest BCUT2D eigenvalue weighted by Gasteiger charge is -2.31. The summed E-state index contributed by atoms with van der Waals surface area (Å²) in [6, 6.07) is 10.9. The minimum absolute atomic E-state index is 0.216. The van der Waals surface area contributed by atoms with E-state index in [9.17, 15) is 0 Å². The van der Waals surface area contributed by atoms with E-state index in [4.69, 9.17) is 4.52 Å². The summed E-state index contributed by atoms with van der Waals surface area (Å²) in [5, 5.41) is 12.8. The van der Waals surface area contributed by atoms with Crippen molar-refractivity contribution in [3.63, 3.8) is 0 Å². The van der Waals surface area contributed by atoms with Gasteiger partial charge in [-0.25, -0.2) is 0 Å². The summed E-state index contributed by atoms with van der Waals surface area (Å²) in [7, 11) is 0. The number of nitrogens with zero attached hydrogens (tertiary/aromatic N) is 6. The third-order valence-electron chi connectivity index (χ3n) is 4.27. The highest BCUT2D eigenvalue weighted by Gasteiger charge is 2.29. The Morgan fingerprint density at radius 2 is 1.96 bits per heavy atom. The first-order valence-electron chi connectivity index (χ1n) is 8.21. The van der Waals surface area contributed by atoms with Gasteiger partial charge in [0.25, 0.3) is 0 Å². The van der Waals surface area contributed by atoms with Gasteiger partial charge in [-0.15, -0.1) is 10.2 Å². The number of fused-ring (bicyclic) bond motifs is 1. The second kappa shape index (κ2) is 5.74. The summed E-state index contributed by atoms with van der Waals surface area (Å²) in [4.78, 5) is 6.57. The van der Waals surface area contributed by atoms with Gasteiger partial charge in [-0.2, -0.15) is 4.98 Å². The SMILES string of the molecule is CC(C)c1noc(N2Cc3nnc(-c4ccccc4)n3[C@@H](C)C2)n1. The third-order valence-corrected chi connectivity index (χ3v) is 4.27. The Labute approximate surface area is 140 Å². The van der Waals surface area contributed by atoms with Crippen molar-refractivity contribution in [3.8, 4) is 11.4 Å².